The Bertz CT molecular complexity index is 294. The van der Waals surface area contributed by atoms with Gasteiger partial charge in [0.2, 0.25) is 5.91 Å². The van der Waals surface area contributed by atoms with E-state index in [9.17, 15) is 4.79 Å². The molecule has 0 saturated carbocycles. The van der Waals surface area contributed by atoms with Gasteiger partial charge in [-0.05, 0) is 26.4 Å². The van der Waals surface area contributed by atoms with Crippen molar-refractivity contribution in [3.63, 3.8) is 0 Å². The van der Waals surface area contributed by atoms with Gasteiger partial charge < -0.3 is 10.2 Å². The number of hydrogen-bond acceptors (Lipinski definition) is 2. The topological polar surface area (TPSA) is 32.3 Å². The largest absolute Gasteiger partial charge is 0.356 e. The number of rotatable bonds is 20. The van der Waals surface area contributed by atoms with Gasteiger partial charge in [-0.3, -0.25) is 4.79 Å². The molecule has 3 heteroatoms. The third kappa shape index (κ3) is 19.8. The highest BCUT2D eigenvalue weighted by Gasteiger charge is 2.03. The van der Waals surface area contributed by atoms with Gasteiger partial charge in [0.1, 0.15) is 0 Å². The van der Waals surface area contributed by atoms with Gasteiger partial charge in [0.05, 0.1) is 0 Å². The molecule has 0 rings (SSSR count). The maximum Gasteiger partial charge on any atom is 0.221 e. The Morgan fingerprint density at radius 2 is 1.12 bits per heavy atom. The molecule has 0 aromatic carbocycles. The molecule has 0 bridgehead atoms. The van der Waals surface area contributed by atoms with Crippen molar-refractivity contribution in [1.82, 2.24) is 10.2 Å². The van der Waals surface area contributed by atoms with E-state index in [4.69, 9.17) is 0 Å². The van der Waals surface area contributed by atoms with Crippen molar-refractivity contribution in [1.29, 1.82) is 0 Å². The molecule has 0 heterocycles. The first-order valence-electron chi connectivity index (χ1n) is 11.7. The summed E-state index contributed by atoms with van der Waals surface area (Å²) in [4.78, 5) is 14.1. The molecule has 0 aliphatic carbocycles. The normalized spacial score (nSPS) is 11.2. The van der Waals surface area contributed by atoms with Crippen LogP contribution in [0.2, 0.25) is 0 Å². The molecule has 0 spiro atoms. The summed E-state index contributed by atoms with van der Waals surface area (Å²) in [5.74, 6) is 0.215. The van der Waals surface area contributed by atoms with E-state index < -0.39 is 0 Å². The highest BCUT2D eigenvalue weighted by Crippen LogP contribution is 2.12. The lowest BCUT2D eigenvalue weighted by Crippen LogP contribution is -2.29. The Labute approximate surface area is 164 Å². The van der Waals surface area contributed by atoms with Crippen molar-refractivity contribution < 1.29 is 4.79 Å². The molecule has 0 radical (unpaired) electrons. The Kier molecular flexibility index (Phi) is 20.3. The van der Waals surface area contributed by atoms with Crippen LogP contribution in [0.4, 0.5) is 0 Å². The molecule has 0 aliphatic heterocycles. The zero-order valence-electron chi connectivity index (χ0n) is 18.3. The van der Waals surface area contributed by atoms with Gasteiger partial charge in [-0.1, -0.05) is 97.3 Å². The minimum Gasteiger partial charge on any atom is -0.356 e. The Morgan fingerprint density at radius 3 is 1.62 bits per heavy atom. The predicted molar refractivity (Wildman–Crippen MR) is 116 cm³/mol. The maximum atomic E-state index is 11.8. The van der Waals surface area contributed by atoms with E-state index in [2.05, 4.69) is 31.1 Å². The van der Waals surface area contributed by atoms with Gasteiger partial charge in [0.25, 0.3) is 0 Å². The van der Waals surface area contributed by atoms with Crippen LogP contribution in [-0.4, -0.2) is 37.5 Å². The SMILES string of the molecule is CCCCCCCCCCCCCCCNC(=O)CCN(C)CCCC. The average Bonchev–Trinajstić information content (AvgIpc) is 2.64. The van der Waals surface area contributed by atoms with Crippen LogP contribution in [0.25, 0.3) is 0 Å². The summed E-state index contributed by atoms with van der Waals surface area (Å²) in [7, 11) is 2.11. The summed E-state index contributed by atoms with van der Waals surface area (Å²) < 4.78 is 0. The monoisotopic (exact) mass is 368 g/mol. The molecule has 0 aromatic heterocycles. The standard InChI is InChI=1S/C23H48N2O/c1-4-6-8-9-10-11-12-13-14-15-16-17-18-20-24-23(26)19-22-25(3)21-7-5-2/h4-22H2,1-3H3,(H,24,26). The van der Waals surface area contributed by atoms with Crippen LogP contribution < -0.4 is 5.32 Å². The van der Waals surface area contributed by atoms with Crippen LogP contribution in [-0.2, 0) is 4.79 Å². The second kappa shape index (κ2) is 20.7. The van der Waals surface area contributed by atoms with E-state index in [-0.39, 0.29) is 5.91 Å². The van der Waals surface area contributed by atoms with Crippen LogP contribution in [0.15, 0.2) is 0 Å². The zero-order chi connectivity index (χ0) is 19.3. The third-order valence-electron chi connectivity index (χ3n) is 5.22. The van der Waals surface area contributed by atoms with Crippen molar-refractivity contribution in [3.05, 3.63) is 0 Å². The lowest BCUT2D eigenvalue weighted by molar-refractivity contribution is -0.121. The van der Waals surface area contributed by atoms with Gasteiger partial charge in [0.15, 0.2) is 0 Å². The fraction of sp³-hybridized carbons (Fsp3) is 0.957. The number of nitrogens with zero attached hydrogens (tertiary/aromatic N) is 1. The summed E-state index contributed by atoms with van der Waals surface area (Å²) in [5, 5.41) is 3.07. The van der Waals surface area contributed by atoms with Crippen LogP contribution in [0, 0.1) is 0 Å². The van der Waals surface area contributed by atoms with Gasteiger partial charge in [0, 0.05) is 19.5 Å². The number of carbonyl (C=O) groups excluding carboxylic acids is 1. The van der Waals surface area contributed by atoms with Gasteiger partial charge in [-0.25, -0.2) is 0 Å². The summed E-state index contributed by atoms with van der Waals surface area (Å²) in [6.45, 7) is 7.32. The molecular weight excluding hydrogens is 320 g/mol. The van der Waals surface area contributed by atoms with Crippen molar-refractivity contribution in [2.75, 3.05) is 26.7 Å². The van der Waals surface area contributed by atoms with Crippen molar-refractivity contribution in [2.45, 2.75) is 117 Å². The highest BCUT2D eigenvalue weighted by atomic mass is 16.1. The molecule has 0 saturated heterocycles. The second-order valence-corrected chi connectivity index (χ2v) is 8.00. The lowest BCUT2D eigenvalue weighted by atomic mass is 10.0. The fourth-order valence-corrected chi connectivity index (χ4v) is 3.29. The van der Waals surface area contributed by atoms with Crippen LogP contribution in [0.5, 0.6) is 0 Å². The Morgan fingerprint density at radius 1 is 0.654 bits per heavy atom. The maximum absolute atomic E-state index is 11.8. The van der Waals surface area contributed by atoms with Crippen LogP contribution in [0.3, 0.4) is 0 Å². The number of carbonyl (C=O) groups is 1. The smallest absolute Gasteiger partial charge is 0.221 e. The number of nitrogens with one attached hydrogen (secondary N) is 1. The summed E-state index contributed by atoms with van der Waals surface area (Å²) in [6, 6.07) is 0. The van der Waals surface area contributed by atoms with E-state index in [0.717, 1.165) is 26.1 Å². The first-order chi connectivity index (χ1) is 12.7. The number of hydrogen-bond donors (Lipinski definition) is 1. The first kappa shape index (κ1) is 25.4. The quantitative estimate of drug-likeness (QED) is 0.255. The average molecular weight is 369 g/mol. The van der Waals surface area contributed by atoms with E-state index >= 15 is 0 Å². The minimum absolute atomic E-state index is 0.215. The summed E-state index contributed by atoms with van der Waals surface area (Å²) in [5.41, 5.74) is 0. The molecule has 0 unspecified atom stereocenters. The first-order valence-corrected chi connectivity index (χ1v) is 11.7. The van der Waals surface area contributed by atoms with E-state index in [1.165, 1.54) is 89.9 Å². The van der Waals surface area contributed by atoms with E-state index in [0.29, 0.717) is 6.42 Å². The number of amides is 1. The molecule has 0 aliphatic rings. The van der Waals surface area contributed by atoms with Crippen LogP contribution >= 0.6 is 0 Å². The molecule has 1 N–H and O–H groups in total. The Balaban J connectivity index is 3.19. The molecular formula is C23H48N2O. The molecule has 26 heavy (non-hydrogen) atoms. The zero-order valence-corrected chi connectivity index (χ0v) is 18.3. The van der Waals surface area contributed by atoms with Gasteiger partial charge in [-0.2, -0.15) is 0 Å². The van der Waals surface area contributed by atoms with Crippen LogP contribution in [0.1, 0.15) is 117 Å². The van der Waals surface area contributed by atoms with Crippen molar-refractivity contribution in [2.24, 2.45) is 0 Å². The van der Waals surface area contributed by atoms with E-state index in [1.807, 2.05) is 0 Å². The van der Waals surface area contributed by atoms with Gasteiger partial charge >= 0.3 is 0 Å². The van der Waals surface area contributed by atoms with Gasteiger partial charge in [-0.15, -0.1) is 0 Å². The van der Waals surface area contributed by atoms with Crippen molar-refractivity contribution in [3.8, 4) is 0 Å². The molecule has 1 amide bonds. The minimum atomic E-state index is 0.215. The molecule has 3 nitrogen and oxygen atoms in total. The summed E-state index contributed by atoms with van der Waals surface area (Å²) in [6.07, 6.45) is 20.9. The number of unbranched alkanes of at least 4 members (excludes halogenated alkanes) is 13. The van der Waals surface area contributed by atoms with E-state index in [1.54, 1.807) is 0 Å². The predicted octanol–water partition coefficient (Wildman–Crippen LogP) is 6.32. The third-order valence-corrected chi connectivity index (χ3v) is 5.22. The molecule has 0 aromatic rings. The fourth-order valence-electron chi connectivity index (χ4n) is 3.29. The molecule has 0 fully saturated rings. The lowest BCUT2D eigenvalue weighted by Gasteiger charge is -2.15. The highest BCUT2D eigenvalue weighted by molar-refractivity contribution is 5.75. The summed E-state index contributed by atoms with van der Waals surface area (Å²) >= 11 is 0. The second-order valence-electron chi connectivity index (χ2n) is 8.00. The Hall–Kier alpha value is -0.570. The molecule has 0 atom stereocenters. The molecule has 156 valence electrons. The van der Waals surface area contributed by atoms with Crippen molar-refractivity contribution >= 4 is 5.91 Å².